The molecule has 0 radical (unpaired) electrons. The molecule has 2 aromatic rings. The SMILES string of the molecule is O=C(O)Nc1ccccc1-c1ccc(F)c(Cl)c1. The van der Waals surface area contributed by atoms with Gasteiger partial charge in [-0.05, 0) is 23.8 Å². The van der Waals surface area contributed by atoms with Crippen LogP contribution in [0.4, 0.5) is 14.9 Å². The Labute approximate surface area is 108 Å². The molecule has 3 nitrogen and oxygen atoms in total. The monoisotopic (exact) mass is 265 g/mol. The Kier molecular flexibility index (Phi) is 3.48. The van der Waals surface area contributed by atoms with Gasteiger partial charge in [0.2, 0.25) is 0 Å². The molecule has 0 unspecified atom stereocenters. The van der Waals surface area contributed by atoms with Gasteiger partial charge in [-0.2, -0.15) is 0 Å². The first-order chi connectivity index (χ1) is 8.58. The van der Waals surface area contributed by atoms with E-state index in [2.05, 4.69) is 5.32 Å². The van der Waals surface area contributed by atoms with Crippen molar-refractivity contribution in [2.75, 3.05) is 5.32 Å². The van der Waals surface area contributed by atoms with Gasteiger partial charge in [0, 0.05) is 5.56 Å². The molecule has 0 bridgehead atoms. The fourth-order valence-corrected chi connectivity index (χ4v) is 1.80. The molecule has 2 N–H and O–H groups in total. The van der Waals surface area contributed by atoms with E-state index in [4.69, 9.17) is 16.7 Å². The molecule has 0 heterocycles. The lowest BCUT2D eigenvalue weighted by molar-refractivity contribution is 0.210. The topological polar surface area (TPSA) is 49.3 Å². The van der Waals surface area contributed by atoms with Gasteiger partial charge >= 0.3 is 6.09 Å². The van der Waals surface area contributed by atoms with E-state index in [1.807, 2.05) is 0 Å². The maximum Gasteiger partial charge on any atom is 0.409 e. The van der Waals surface area contributed by atoms with E-state index in [-0.39, 0.29) is 5.02 Å². The van der Waals surface area contributed by atoms with Crippen LogP contribution < -0.4 is 5.32 Å². The Hall–Kier alpha value is -2.07. The number of hydrogen-bond acceptors (Lipinski definition) is 1. The van der Waals surface area contributed by atoms with Gasteiger partial charge in [-0.3, -0.25) is 5.32 Å². The summed E-state index contributed by atoms with van der Waals surface area (Å²) in [6.07, 6.45) is -1.16. The number of amides is 1. The van der Waals surface area contributed by atoms with Crippen LogP contribution >= 0.6 is 11.6 Å². The van der Waals surface area contributed by atoms with Crippen molar-refractivity contribution < 1.29 is 14.3 Å². The molecular weight excluding hydrogens is 257 g/mol. The molecular formula is C13H9ClFNO2. The first-order valence-electron chi connectivity index (χ1n) is 5.12. The Morgan fingerprint density at radius 3 is 2.61 bits per heavy atom. The summed E-state index contributed by atoms with van der Waals surface area (Å²) in [5.74, 6) is -0.510. The van der Waals surface area contributed by atoms with Crippen LogP contribution in [0.1, 0.15) is 0 Å². The molecule has 0 saturated heterocycles. The molecule has 2 rings (SSSR count). The number of rotatable bonds is 2. The van der Waals surface area contributed by atoms with Gasteiger partial charge in [0.1, 0.15) is 5.82 Å². The maximum atomic E-state index is 13.1. The lowest BCUT2D eigenvalue weighted by atomic mass is 10.0. The van der Waals surface area contributed by atoms with E-state index < -0.39 is 11.9 Å². The van der Waals surface area contributed by atoms with Gasteiger partial charge in [0.15, 0.2) is 0 Å². The second-order valence-electron chi connectivity index (χ2n) is 3.60. The third-order valence-corrected chi connectivity index (χ3v) is 2.69. The number of halogens is 2. The Morgan fingerprint density at radius 2 is 1.94 bits per heavy atom. The summed E-state index contributed by atoms with van der Waals surface area (Å²) in [5.41, 5.74) is 1.71. The molecule has 0 spiro atoms. The minimum atomic E-state index is -1.16. The molecule has 2 aromatic carbocycles. The highest BCUT2D eigenvalue weighted by molar-refractivity contribution is 6.31. The summed E-state index contributed by atoms with van der Waals surface area (Å²) in [4.78, 5) is 10.7. The van der Waals surface area contributed by atoms with Crippen molar-refractivity contribution in [2.45, 2.75) is 0 Å². The zero-order valence-electron chi connectivity index (χ0n) is 9.15. The molecule has 0 aliphatic rings. The van der Waals surface area contributed by atoms with Crippen molar-refractivity contribution in [1.29, 1.82) is 0 Å². The molecule has 1 amide bonds. The van der Waals surface area contributed by atoms with Crippen LogP contribution in [0, 0.1) is 5.82 Å². The van der Waals surface area contributed by atoms with Crippen LogP contribution in [0.3, 0.4) is 0 Å². The number of para-hydroxylation sites is 1. The van der Waals surface area contributed by atoms with E-state index in [0.717, 1.165) is 0 Å². The number of hydrogen-bond donors (Lipinski definition) is 2. The van der Waals surface area contributed by atoms with Gasteiger partial charge in [-0.15, -0.1) is 0 Å². The summed E-state index contributed by atoms with van der Waals surface area (Å²) in [6, 6.07) is 11.1. The van der Waals surface area contributed by atoms with Gasteiger partial charge in [0.25, 0.3) is 0 Å². The normalized spacial score (nSPS) is 10.1. The number of anilines is 1. The lowest BCUT2D eigenvalue weighted by Gasteiger charge is -2.09. The van der Waals surface area contributed by atoms with Crippen molar-refractivity contribution in [2.24, 2.45) is 0 Å². The Balaban J connectivity index is 2.49. The third kappa shape index (κ3) is 2.60. The van der Waals surface area contributed by atoms with Crippen LogP contribution in [-0.4, -0.2) is 11.2 Å². The average Bonchev–Trinajstić information content (AvgIpc) is 2.33. The molecule has 18 heavy (non-hydrogen) atoms. The largest absolute Gasteiger partial charge is 0.465 e. The summed E-state index contributed by atoms with van der Waals surface area (Å²) >= 11 is 5.71. The Morgan fingerprint density at radius 1 is 1.22 bits per heavy atom. The predicted octanol–water partition coefficient (Wildman–Crippen LogP) is 4.24. The number of carboxylic acid groups (broad SMARTS) is 1. The molecule has 0 fully saturated rings. The van der Waals surface area contributed by atoms with Crippen molar-refractivity contribution >= 4 is 23.4 Å². The zero-order valence-corrected chi connectivity index (χ0v) is 9.91. The summed E-state index contributed by atoms with van der Waals surface area (Å²) < 4.78 is 13.1. The molecule has 0 aromatic heterocycles. The molecule has 0 atom stereocenters. The highest BCUT2D eigenvalue weighted by Crippen LogP contribution is 2.30. The van der Waals surface area contributed by atoms with Crippen molar-refractivity contribution in [3.63, 3.8) is 0 Å². The second-order valence-corrected chi connectivity index (χ2v) is 4.01. The van der Waals surface area contributed by atoms with Gasteiger partial charge < -0.3 is 5.11 Å². The molecule has 92 valence electrons. The van der Waals surface area contributed by atoms with Crippen LogP contribution in [0.15, 0.2) is 42.5 Å². The van der Waals surface area contributed by atoms with Gasteiger partial charge in [0.05, 0.1) is 10.7 Å². The van der Waals surface area contributed by atoms with Gasteiger partial charge in [-0.1, -0.05) is 35.9 Å². The summed E-state index contributed by atoms with van der Waals surface area (Å²) in [7, 11) is 0. The van der Waals surface area contributed by atoms with Gasteiger partial charge in [-0.25, -0.2) is 9.18 Å². The van der Waals surface area contributed by atoms with Crippen LogP contribution in [0.5, 0.6) is 0 Å². The number of nitrogens with one attached hydrogen (secondary N) is 1. The first-order valence-corrected chi connectivity index (χ1v) is 5.50. The second kappa shape index (κ2) is 5.06. The molecule has 0 aliphatic carbocycles. The molecule has 5 heteroatoms. The first kappa shape index (κ1) is 12.4. The average molecular weight is 266 g/mol. The Bertz CT molecular complexity index is 601. The predicted molar refractivity (Wildman–Crippen MR) is 68.5 cm³/mol. The number of carbonyl (C=O) groups is 1. The zero-order chi connectivity index (χ0) is 13.1. The van der Waals surface area contributed by atoms with E-state index >= 15 is 0 Å². The quantitative estimate of drug-likeness (QED) is 0.853. The van der Waals surface area contributed by atoms with E-state index in [1.165, 1.54) is 12.1 Å². The van der Waals surface area contributed by atoms with E-state index in [9.17, 15) is 9.18 Å². The molecule has 0 aliphatic heterocycles. The smallest absolute Gasteiger partial charge is 0.409 e. The van der Waals surface area contributed by atoms with E-state index in [1.54, 1.807) is 30.3 Å². The third-order valence-electron chi connectivity index (χ3n) is 2.40. The van der Waals surface area contributed by atoms with Crippen molar-refractivity contribution in [3.8, 4) is 11.1 Å². The summed E-state index contributed by atoms with van der Waals surface area (Å²) in [5, 5.41) is 11.0. The van der Waals surface area contributed by atoms with Crippen LogP contribution in [0.2, 0.25) is 5.02 Å². The maximum absolute atomic E-state index is 13.1. The van der Waals surface area contributed by atoms with E-state index in [0.29, 0.717) is 16.8 Å². The lowest BCUT2D eigenvalue weighted by Crippen LogP contribution is -2.08. The standard InChI is InChI=1S/C13H9ClFNO2/c14-10-7-8(5-6-11(10)15)9-3-1-2-4-12(9)16-13(17)18/h1-7,16H,(H,17,18). The number of benzene rings is 2. The molecule has 0 saturated carbocycles. The minimum absolute atomic E-state index is 0.00220. The highest BCUT2D eigenvalue weighted by Gasteiger charge is 2.08. The van der Waals surface area contributed by atoms with Crippen molar-refractivity contribution in [1.82, 2.24) is 0 Å². The van der Waals surface area contributed by atoms with Crippen LogP contribution in [0.25, 0.3) is 11.1 Å². The highest BCUT2D eigenvalue weighted by atomic mass is 35.5. The van der Waals surface area contributed by atoms with Crippen molar-refractivity contribution in [3.05, 3.63) is 53.3 Å². The van der Waals surface area contributed by atoms with Crippen LogP contribution in [-0.2, 0) is 0 Å². The minimum Gasteiger partial charge on any atom is -0.465 e. The fourth-order valence-electron chi connectivity index (χ4n) is 1.62. The fraction of sp³-hybridized carbons (Fsp3) is 0. The summed E-state index contributed by atoms with van der Waals surface area (Å²) in [6.45, 7) is 0.